The van der Waals surface area contributed by atoms with Gasteiger partial charge >= 0.3 is 0 Å². The van der Waals surface area contributed by atoms with E-state index in [1.807, 2.05) is 30.5 Å². The van der Waals surface area contributed by atoms with E-state index in [0.717, 1.165) is 42.5 Å². The summed E-state index contributed by atoms with van der Waals surface area (Å²) in [4.78, 5) is 6.82. The van der Waals surface area contributed by atoms with Crippen molar-refractivity contribution in [3.05, 3.63) is 75.9 Å². The van der Waals surface area contributed by atoms with Gasteiger partial charge in [0.15, 0.2) is 0 Å². The summed E-state index contributed by atoms with van der Waals surface area (Å²) in [6, 6.07) is 16.0. The molecule has 0 atom stereocenters. The van der Waals surface area contributed by atoms with Crippen LogP contribution in [-0.4, -0.2) is 28.1 Å². The lowest BCUT2D eigenvalue weighted by atomic mass is 10.1. The normalized spacial score (nSPS) is 11.4. The van der Waals surface area contributed by atoms with Gasteiger partial charge in [0.2, 0.25) is 0 Å². The highest BCUT2D eigenvalue weighted by atomic mass is 35.5. The molecule has 3 aromatic rings. The molecule has 0 aliphatic carbocycles. The molecule has 1 heterocycles. The highest BCUT2D eigenvalue weighted by molar-refractivity contribution is 6.42. The summed E-state index contributed by atoms with van der Waals surface area (Å²) in [7, 11) is 0. The van der Waals surface area contributed by atoms with Crippen LogP contribution in [0.15, 0.2) is 54.7 Å². The second kappa shape index (κ2) is 8.63. The number of hydrogen-bond donors (Lipinski definition) is 1. The van der Waals surface area contributed by atoms with Gasteiger partial charge in [-0.15, -0.1) is 0 Å². The minimum absolute atomic E-state index is 0.172. The third kappa shape index (κ3) is 4.71. The molecule has 0 spiro atoms. The fraction of sp³-hybridized carbons (Fsp3) is 0.250. The van der Waals surface area contributed by atoms with Crippen LogP contribution in [0.2, 0.25) is 10.0 Å². The Labute approximate surface area is 157 Å². The van der Waals surface area contributed by atoms with E-state index in [2.05, 4.69) is 34.1 Å². The molecule has 2 aromatic carbocycles. The molecule has 5 heteroatoms. The van der Waals surface area contributed by atoms with Crippen molar-refractivity contribution in [2.45, 2.75) is 19.5 Å². The van der Waals surface area contributed by atoms with Crippen LogP contribution in [0.4, 0.5) is 0 Å². The molecule has 1 aromatic heterocycles. The van der Waals surface area contributed by atoms with Gasteiger partial charge in [-0.05, 0) is 35.7 Å². The lowest BCUT2D eigenvalue weighted by molar-refractivity contribution is 0.213. The predicted molar refractivity (Wildman–Crippen MR) is 104 cm³/mol. The Morgan fingerprint density at radius 3 is 2.60 bits per heavy atom. The van der Waals surface area contributed by atoms with E-state index in [9.17, 15) is 5.11 Å². The number of nitrogens with zero attached hydrogens (tertiary/aromatic N) is 2. The number of benzene rings is 2. The van der Waals surface area contributed by atoms with Crippen molar-refractivity contribution in [2.75, 3.05) is 13.2 Å². The summed E-state index contributed by atoms with van der Waals surface area (Å²) in [5, 5.41) is 11.5. The number of aliphatic hydroxyl groups excluding tert-OH is 1. The van der Waals surface area contributed by atoms with Crippen molar-refractivity contribution < 1.29 is 5.11 Å². The minimum Gasteiger partial charge on any atom is -0.396 e. The Morgan fingerprint density at radius 1 is 0.960 bits per heavy atom. The van der Waals surface area contributed by atoms with Crippen molar-refractivity contribution in [1.29, 1.82) is 0 Å². The molecule has 0 saturated heterocycles. The largest absolute Gasteiger partial charge is 0.396 e. The fourth-order valence-corrected chi connectivity index (χ4v) is 3.26. The monoisotopic (exact) mass is 374 g/mol. The number of para-hydroxylation sites is 1. The van der Waals surface area contributed by atoms with Gasteiger partial charge in [0.1, 0.15) is 0 Å². The van der Waals surface area contributed by atoms with Gasteiger partial charge in [0, 0.05) is 37.8 Å². The predicted octanol–water partition coefficient (Wildman–Crippen LogP) is 4.93. The van der Waals surface area contributed by atoms with Crippen molar-refractivity contribution >= 4 is 34.1 Å². The minimum atomic E-state index is 0.172. The first-order valence-corrected chi connectivity index (χ1v) is 9.03. The molecular formula is C20H20Cl2N2O. The Balaban J connectivity index is 1.83. The van der Waals surface area contributed by atoms with Crippen LogP contribution in [0, 0.1) is 0 Å². The summed E-state index contributed by atoms with van der Waals surface area (Å²) in [6.07, 6.45) is 2.54. The zero-order chi connectivity index (χ0) is 17.6. The average molecular weight is 375 g/mol. The molecule has 130 valence electrons. The van der Waals surface area contributed by atoms with Gasteiger partial charge in [0.25, 0.3) is 0 Å². The number of rotatable bonds is 7. The van der Waals surface area contributed by atoms with Gasteiger partial charge in [-0.3, -0.25) is 9.88 Å². The van der Waals surface area contributed by atoms with Gasteiger partial charge in [-0.25, -0.2) is 0 Å². The van der Waals surface area contributed by atoms with Gasteiger partial charge < -0.3 is 5.11 Å². The maximum absolute atomic E-state index is 9.22. The molecule has 25 heavy (non-hydrogen) atoms. The maximum atomic E-state index is 9.22. The summed E-state index contributed by atoms with van der Waals surface area (Å²) in [5.41, 5.74) is 3.30. The van der Waals surface area contributed by atoms with Crippen LogP contribution in [0.1, 0.15) is 17.5 Å². The van der Waals surface area contributed by atoms with E-state index in [0.29, 0.717) is 10.0 Å². The third-order valence-corrected chi connectivity index (χ3v) is 4.87. The van der Waals surface area contributed by atoms with Crippen molar-refractivity contribution in [3.63, 3.8) is 0 Å². The van der Waals surface area contributed by atoms with Crippen LogP contribution in [-0.2, 0) is 13.1 Å². The maximum Gasteiger partial charge on any atom is 0.0746 e. The van der Waals surface area contributed by atoms with Crippen LogP contribution in [0.3, 0.4) is 0 Å². The van der Waals surface area contributed by atoms with E-state index >= 15 is 0 Å². The van der Waals surface area contributed by atoms with Crippen LogP contribution in [0.25, 0.3) is 10.9 Å². The zero-order valence-corrected chi connectivity index (χ0v) is 15.3. The molecule has 1 N–H and O–H groups in total. The molecule has 0 radical (unpaired) electrons. The highest BCUT2D eigenvalue weighted by Crippen LogP contribution is 2.24. The fourth-order valence-electron chi connectivity index (χ4n) is 2.94. The number of pyridine rings is 1. The first-order valence-electron chi connectivity index (χ1n) is 8.27. The molecule has 0 bridgehead atoms. The Hall–Kier alpha value is -1.65. The van der Waals surface area contributed by atoms with Crippen LogP contribution in [0.5, 0.6) is 0 Å². The SMILES string of the molecule is OCCCN(Cc1ccc(Cl)c(Cl)c1)Cc1cccc2cccnc12. The van der Waals surface area contributed by atoms with Crippen molar-refractivity contribution in [3.8, 4) is 0 Å². The number of fused-ring (bicyclic) bond motifs is 1. The molecule has 0 aliphatic heterocycles. The summed E-state index contributed by atoms with van der Waals surface area (Å²) >= 11 is 12.1. The van der Waals surface area contributed by atoms with E-state index in [1.54, 1.807) is 0 Å². The lowest BCUT2D eigenvalue weighted by Gasteiger charge is -2.23. The van der Waals surface area contributed by atoms with E-state index in [1.165, 1.54) is 5.56 Å². The smallest absolute Gasteiger partial charge is 0.0746 e. The number of halogens is 2. The summed E-state index contributed by atoms with van der Waals surface area (Å²) < 4.78 is 0. The first-order chi connectivity index (χ1) is 12.2. The van der Waals surface area contributed by atoms with E-state index in [-0.39, 0.29) is 6.61 Å². The topological polar surface area (TPSA) is 36.4 Å². The summed E-state index contributed by atoms with van der Waals surface area (Å²) in [5.74, 6) is 0. The molecule has 0 saturated carbocycles. The van der Waals surface area contributed by atoms with E-state index in [4.69, 9.17) is 23.2 Å². The molecule has 0 unspecified atom stereocenters. The van der Waals surface area contributed by atoms with Crippen molar-refractivity contribution in [2.24, 2.45) is 0 Å². The third-order valence-electron chi connectivity index (χ3n) is 4.13. The molecule has 3 nitrogen and oxygen atoms in total. The summed E-state index contributed by atoms with van der Waals surface area (Å²) in [6.45, 7) is 2.46. The zero-order valence-electron chi connectivity index (χ0n) is 13.8. The second-order valence-electron chi connectivity index (χ2n) is 6.03. The Morgan fingerprint density at radius 2 is 1.80 bits per heavy atom. The Kier molecular flexibility index (Phi) is 6.27. The first kappa shape index (κ1) is 18.2. The lowest BCUT2D eigenvalue weighted by Crippen LogP contribution is -2.25. The van der Waals surface area contributed by atoms with Gasteiger partial charge in [0.05, 0.1) is 15.6 Å². The molecule has 0 aliphatic rings. The number of hydrogen-bond acceptors (Lipinski definition) is 3. The molecule has 3 rings (SSSR count). The number of aromatic nitrogens is 1. The highest BCUT2D eigenvalue weighted by Gasteiger charge is 2.11. The number of aliphatic hydroxyl groups is 1. The quantitative estimate of drug-likeness (QED) is 0.636. The average Bonchev–Trinajstić information content (AvgIpc) is 2.63. The standard InChI is InChI=1S/C20H20Cl2N2O/c21-18-8-7-15(12-19(18)22)13-24(10-3-11-25)14-17-5-1-4-16-6-2-9-23-20(16)17/h1-2,4-9,12,25H,3,10-11,13-14H2. The van der Waals surface area contributed by atoms with Crippen LogP contribution >= 0.6 is 23.2 Å². The van der Waals surface area contributed by atoms with Crippen LogP contribution < -0.4 is 0 Å². The molecular weight excluding hydrogens is 355 g/mol. The molecule has 0 fully saturated rings. The van der Waals surface area contributed by atoms with E-state index < -0.39 is 0 Å². The second-order valence-corrected chi connectivity index (χ2v) is 6.84. The van der Waals surface area contributed by atoms with Crippen molar-refractivity contribution in [1.82, 2.24) is 9.88 Å². The Bertz CT molecular complexity index is 849. The van der Waals surface area contributed by atoms with Gasteiger partial charge in [-0.1, -0.05) is 53.5 Å². The van der Waals surface area contributed by atoms with Gasteiger partial charge in [-0.2, -0.15) is 0 Å². The molecule has 0 amide bonds.